The predicted molar refractivity (Wildman–Crippen MR) is 176 cm³/mol. The number of amides is 2. The van der Waals surface area contributed by atoms with Crippen LogP contribution >= 0.6 is 11.8 Å². The first-order valence-corrected chi connectivity index (χ1v) is 17.4. The molecule has 1 N–H and O–H groups in total. The number of rotatable bonds is 16. The summed E-state index contributed by atoms with van der Waals surface area (Å²) in [7, 11) is -2.60. The maximum absolute atomic E-state index is 14.2. The number of nitrogens with zero attached hydrogens (tertiary/aromatic N) is 2. The molecule has 238 valence electrons. The Hall–Kier alpha value is -3.70. The number of thioether (sulfide) groups is 1. The van der Waals surface area contributed by atoms with Crippen LogP contribution in [0.1, 0.15) is 46.1 Å². The summed E-state index contributed by atoms with van der Waals surface area (Å²) in [6.45, 7) is 7.63. The Morgan fingerprint density at radius 3 is 2.02 bits per heavy atom. The van der Waals surface area contributed by atoms with Gasteiger partial charge in [-0.2, -0.15) is 0 Å². The molecule has 0 saturated carbocycles. The van der Waals surface area contributed by atoms with Gasteiger partial charge in [0.25, 0.3) is 10.0 Å². The lowest BCUT2D eigenvalue weighted by Crippen LogP contribution is -2.53. The van der Waals surface area contributed by atoms with Gasteiger partial charge in [-0.3, -0.25) is 13.9 Å². The molecule has 0 unspecified atom stereocenters. The lowest BCUT2D eigenvalue weighted by molar-refractivity contribution is -0.140. The minimum Gasteiger partial charge on any atom is -0.497 e. The van der Waals surface area contributed by atoms with Crippen LogP contribution in [-0.4, -0.2) is 63.7 Å². The second-order valence-corrected chi connectivity index (χ2v) is 13.0. The van der Waals surface area contributed by atoms with Crippen LogP contribution in [0.3, 0.4) is 0 Å². The molecule has 3 rings (SSSR count). The first-order chi connectivity index (χ1) is 21.1. The fourth-order valence-electron chi connectivity index (χ4n) is 4.57. The third kappa shape index (κ3) is 8.92. The maximum atomic E-state index is 14.2. The molecule has 0 aliphatic rings. The molecular formula is C33H43N3O6S2. The van der Waals surface area contributed by atoms with Crippen molar-refractivity contribution in [2.75, 3.05) is 30.8 Å². The van der Waals surface area contributed by atoms with Crippen molar-refractivity contribution in [1.82, 2.24) is 10.2 Å². The van der Waals surface area contributed by atoms with Gasteiger partial charge in [-0.25, -0.2) is 8.42 Å². The Morgan fingerprint density at radius 1 is 0.886 bits per heavy atom. The Bertz CT molecular complexity index is 1460. The van der Waals surface area contributed by atoms with E-state index in [9.17, 15) is 18.0 Å². The molecular weight excluding hydrogens is 599 g/mol. The molecule has 2 atom stereocenters. The first kappa shape index (κ1) is 34.8. The van der Waals surface area contributed by atoms with Crippen LogP contribution in [0.25, 0.3) is 0 Å². The fraction of sp³-hybridized carbons (Fsp3) is 0.394. The van der Waals surface area contributed by atoms with Gasteiger partial charge in [0, 0.05) is 17.5 Å². The van der Waals surface area contributed by atoms with Gasteiger partial charge in [-0.05, 0) is 99.2 Å². The molecule has 0 heterocycles. The van der Waals surface area contributed by atoms with Crippen LogP contribution in [0.5, 0.6) is 11.5 Å². The van der Waals surface area contributed by atoms with Crippen LogP contribution in [0.2, 0.25) is 0 Å². The Balaban J connectivity index is 2.06. The van der Waals surface area contributed by atoms with Gasteiger partial charge < -0.3 is 19.7 Å². The molecule has 0 aromatic heterocycles. The molecule has 0 saturated heterocycles. The Morgan fingerprint density at radius 2 is 1.50 bits per heavy atom. The molecule has 11 heteroatoms. The van der Waals surface area contributed by atoms with Crippen LogP contribution < -0.4 is 19.1 Å². The average Bonchev–Trinajstić information content (AvgIpc) is 3.04. The third-order valence-corrected chi connectivity index (χ3v) is 9.79. The van der Waals surface area contributed by atoms with Crippen molar-refractivity contribution in [3.8, 4) is 11.5 Å². The van der Waals surface area contributed by atoms with Crippen LogP contribution in [0, 0.1) is 0 Å². The number of nitrogens with one attached hydrogen (secondary N) is 1. The number of anilines is 1. The number of hydrogen-bond donors (Lipinski definition) is 1. The summed E-state index contributed by atoms with van der Waals surface area (Å²) in [6, 6.07) is 19.4. The van der Waals surface area contributed by atoms with Gasteiger partial charge in [0.2, 0.25) is 11.8 Å². The highest BCUT2D eigenvalue weighted by Gasteiger charge is 2.34. The minimum atomic E-state index is -4.17. The number of hydrogen-bond acceptors (Lipinski definition) is 7. The SMILES string of the molecule is CCOc1ccc(N(CC(=O)N(Cc2ccc(OC)cc2)[C@H](CC)C(=O)N[C@@H](C)CC)S(=O)(=O)c2ccc(SC)cc2)cc1. The summed E-state index contributed by atoms with van der Waals surface area (Å²) in [5, 5.41) is 2.99. The molecule has 0 radical (unpaired) electrons. The molecule has 9 nitrogen and oxygen atoms in total. The van der Waals surface area contributed by atoms with Crippen molar-refractivity contribution in [1.29, 1.82) is 0 Å². The van der Waals surface area contributed by atoms with Gasteiger partial charge in [0.15, 0.2) is 0 Å². The topological polar surface area (TPSA) is 105 Å². The molecule has 44 heavy (non-hydrogen) atoms. The number of methoxy groups -OCH3 is 1. The average molecular weight is 642 g/mol. The largest absolute Gasteiger partial charge is 0.497 e. The first-order valence-electron chi connectivity index (χ1n) is 14.7. The van der Waals surface area contributed by atoms with Crippen molar-refractivity contribution in [2.24, 2.45) is 0 Å². The quantitative estimate of drug-likeness (QED) is 0.199. The second-order valence-electron chi connectivity index (χ2n) is 10.2. The zero-order valence-corrected chi connectivity index (χ0v) is 27.9. The number of sulfonamides is 1. The summed E-state index contributed by atoms with van der Waals surface area (Å²) in [5.74, 6) is 0.448. The minimum absolute atomic E-state index is 0.0558. The standard InChI is InChI=1S/C33H43N3O6S2/c1-7-24(4)34-33(38)31(8-2)35(22-25-10-14-27(41-5)15-11-25)32(37)23-36(26-12-16-28(17-13-26)42-9-3)44(39,40)30-20-18-29(43-6)19-21-30/h10-21,24,31H,7-9,22-23H2,1-6H3,(H,34,38)/t24-,31+/m0/s1. The van der Waals surface area contributed by atoms with E-state index in [0.29, 0.717) is 30.2 Å². The Labute approximate surface area is 266 Å². The normalized spacial score (nSPS) is 12.6. The van der Waals surface area contributed by atoms with Crippen molar-refractivity contribution < 1.29 is 27.5 Å². The predicted octanol–water partition coefficient (Wildman–Crippen LogP) is 5.73. The van der Waals surface area contributed by atoms with E-state index in [2.05, 4.69) is 5.32 Å². The highest BCUT2D eigenvalue weighted by Crippen LogP contribution is 2.28. The molecule has 0 aliphatic carbocycles. The smallest absolute Gasteiger partial charge is 0.264 e. The fourth-order valence-corrected chi connectivity index (χ4v) is 6.39. The van der Waals surface area contributed by atoms with E-state index in [1.54, 1.807) is 55.6 Å². The van der Waals surface area contributed by atoms with E-state index < -0.39 is 28.5 Å². The maximum Gasteiger partial charge on any atom is 0.264 e. The Kier molecular flexibility index (Phi) is 13.0. The van der Waals surface area contributed by atoms with Gasteiger partial charge in [0.05, 0.1) is 24.3 Å². The zero-order chi connectivity index (χ0) is 32.3. The van der Waals surface area contributed by atoms with Gasteiger partial charge in [-0.15, -0.1) is 11.8 Å². The van der Waals surface area contributed by atoms with E-state index in [1.807, 2.05) is 46.1 Å². The van der Waals surface area contributed by atoms with Crippen LogP contribution in [0.15, 0.2) is 82.6 Å². The van der Waals surface area contributed by atoms with Crippen LogP contribution in [-0.2, 0) is 26.2 Å². The van der Waals surface area contributed by atoms with Gasteiger partial charge >= 0.3 is 0 Å². The van der Waals surface area contributed by atoms with Crippen molar-refractivity contribution >= 4 is 39.3 Å². The molecule has 3 aromatic rings. The summed E-state index contributed by atoms with van der Waals surface area (Å²) >= 11 is 1.50. The van der Waals surface area contributed by atoms with E-state index in [0.717, 1.165) is 21.2 Å². The zero-order valence-electron chi connectivity index (χ0n) is 26.3. The van der Waals surface area contributed by atoms with Crippen molar-refractivity contribution in [2.45, 2.75) is 69.0 Å². The monoisotopic (exact) mass is 641 g/mol. The number of ether oxygens (including phenoxy) is 2. The molecule has 0 bridgehead atoms. The highest BCUT2D eigenvalue weighted by molar-refractivity contribution is 7.98. The summed E-state index contributed by atoms with van der Waals surface area (Å²) in [4.78, 5) is 30.1. The van der Waals surface area contributed by atoms with E-state index in [1.165, 1.54) is 28.8 Å². The second kappa shape index (κ2) is 16.4. The van der Waals surface area contributed by atoms with E-state index >= 15 is 0 Å². The van der Waals surface area contributed by atoms with Gasteiger partial charge in [0.1, 0.15) is 24.1 Å². The van der Waals surface area contributed by atoms with Crippen LogP contribution in [0.4, 0.5) is 5.69 Å². The molecule has 0 spiro atoms. The summed E-state index contributed by atoms with van der Waals surface area (Å²) in [6.07, 6.45) is 2.98. The van der Waals surface area contributed by atoms with E-state index in [4.69, 9.17) is 9.47 Å². The molecule has 0 aliphatic heterocycles. The molecule has 0 fully saturated rings. The summed E-state index contributed by atoms with van der Waals surface area (Å²) in [5.41, 5.74) is 1.08. The number of carbonyl (C=O) groups is 2. The van der Waals surface area contributed by atoms with E-state index in [-0.39, 0.29) is 23.4 Å². The highest BCUT2D eigenvalue weighted by atomic mass is 32.2. The lowest BCUT2D eigenvalue weighted by Gasteiger charge is -2.33. The van der Waals surface area contributed by atoms with Crippen molar-refractivity contribution in [3.63, 3.8) is 0 Å². The number of carbonyl (C=O) groups excluding carboxylic acids is 2. The third-order valence-electron chi connectivity index (χ3n) is 7.26. The lowest BCUT2D eigenvalue weighted by atomic mass is 10.1. The summed E-state index contributed by atoms with van der Waals surface area (Å²) < 4.78 is 40.1. The molecule has 2 amide bonds. The molecule has 3 aromatic carbocycles. The van der Waals surface area contributed by atoms with Gasteiger partial charge in [-0.1, -0.05) is 26.0 Å². The van der Waals surface area contributed by atoms with Crippen molar-refractivity contribution in [3.05, 3.63) is 78.4 Å². The number of benzene rings is 3.